The van der Waals surface area contributed by atoms with E-state index in [0.29, 0.717) is 37.4 Å². The van der Waals surface area contributed by atoms with Gasteiger partial charge in [-0.15, -0.1) is 0 Å². The van der Waals surface area contributed by atoms with Gasteiger partial charge in [0.15, 0.2) is 5.69 Å². The van der Waals surface area contributed by atoms with Gasteiger partial charge in [-0.2, -0.15) is 0 Å². The van der Waals surface area contributed by atoms with Crippen LogP contribution in [0.25, 0.3) is 11.0 Å². The number of imide groups is 2. The molecule has 0 spiro atoms. The Kier molecular flexibility index (Phi) is 9.05. The molecular formula is C38H40N10O6. The van der Waals surface area contributed by atoms with E-state index in [1.165, 1.54) is 0 Å². The summed E-state index contributed by atoms with van der Waals surface area (Å²) in [5.74, 6) is -2.45. The molecule has 7 heterocycles. The van der Waals surface area contributed by atoms with E-state index < -0.39 is 29.7 Å². The Morgan fingerprint density at radius 1 is 0.889 bits per heavy atom. The van der Waals surface area contributed by atoms with E-state index in [1.807, 2.05) is 31.3 Å². The van der Waals surface area contributed by atoms with Crippen LogP contribution in [0.5, 0.6) is 0 Å². The summed E-state index contributed by atoms with van der Waals surface area (Å²) in [6.07, 6.45) is 4.41. The molecule has 4 aromatic rings. The topological polar surface area (TPSA) is 193 Å². The first-order chi connectivity index (χ1) is 26.1. The van der Waals surface area contributed by atoms with Crippen molar-refractivity contribution in [2.75, 3.05) is 61.4 Å². The summed E-state index contributed by atoms with van der Waals surface area (Å²) in [6.45, 7) is 6.94. The smallest absolute Gasteiger partial charge is 0.271 e. The number of amides is 5. The quantitative estimate of drug-likeness (QED) is 0.181. The summed E-state index contributed by atoms with van der Waals surface area (Å²) < 4.78 is 0. The Balaban J connectivity index is 0.902. The average Bonchev–Trinajstić information content (AvgIpc) is 3.40. The summed E-state index contributed by atoms with van der Waals surface area (Å²) in [6, 6.07) is 9.85. The summed E-state index contributed by atoms with van der Waals surface area (Å²) in [7, 11) is 1.57. The molecule has 8 rings (SSSR count). The van der Waals surface area contributed by atoms with Gasteiger partial charge in [0.05, 0.1) is 45.8 Å². The number of rotatable bonds is 9. The predicted molar refractivity (Wildman–Crippen MR) is 200 cm³/mol. The highest BCUT2D eigenvalue weighted by Crippen LogP contribution is 2.33. The molecule has 4 aliphatic heterocycles. The molecule has 0 radical (unpaired) electrons. The van der Waals surface area contributed by atoms with E-state index in [-0.39, 0.29) is 41.5 Å². The van der Waals surface area contributed by atoms with Crippen molar-refractivity contribution >= 4 is 57.6 Å². The van der Waals surface area contributed by atoms with Crippen molar-refractivity contribution in [3.8, 4) is 0 Å². The number of nitrogens with zero attached hydrogens (tertiary/aromatic N) is 6. The Labute approximate surface area is 309 Å². The van der Waals surface area contributed by atoms with Crippen molar-refractivity contribution < 1.29 is 24.0 Å². The fourth-order valence-corrected chi connectivity index (χ4v) is 7.63. The lowest BCUT2D eigenvalue weighted by molar-refractivity contribution is -0.136. The summed E-state index contributed by atoms with van der Waals surface area (Å²) >= 11 is 0. The Morgan fingerprint density at radius 2 is 1.67 bits per heavy atom. The summed E-state index contributed by atoms with van der Waals surface area (Å²) in [5.41, 5.74) is 6.24. The van der Waals surface area contributed by atoms with Crippen LogP contribution in [0.1, 0.15) is 62.1 Å². The molecule has 16 nitrogen and oxygen atoms in total. The number of aryl methyl sites for hydroxylation is 1. The molecule has 3 saturated heterocycles. The lowest BCUT2D eigenvalue weighted by Gasteiger charge is -2.42. The van der Waals surface area contributed by atoms with Crippen LogP contribution in [0.4, 0.5) is 17.1 Å². The van der Waals surface area contributed by atoms with Gasteiger partial charge in [-0.3, -0.25) is 48.9 Å². The molecule has 1 aromatic carbocycles. The first-order valence-corrected chi connectivity index (χ1v) is 18.2. The van der Waals surface area contributed by atoms with Gasteiger partial charge in [-0.05, 0) is 54.8 Å². The van der Waals surface area contributed by atoms with E-state index in [1.54, 1.807) is 31.4 Å². The molecule has 0 bridgehead atoms. The number of carbonyl (C=O) groups excluding carboxylic acids is 5. The third kappa shape index (κ3) is 6.42. The number of anilines is 3. The van der Waals surface area contributed by atoms with Gasteiger partial charge >= 0.3 is 0 Å². The van der Waals surface area contributed by atoms with E-state index in [9.17, 15) is 28.8 Å². The van der Waals surface area contributed by atoms with Gasteiger partial charge in [-0.25, -0.2) is 4.98 Å². The van der Waals surface area contributed by atoms with Crippen molar-refractivity contribution in [2.24, 2.45) is 0 Å². The number of aromatic amines is 1. The third-order valence-corrected chi connectivity index (χ3v) is 10.7. The van der Waals surface area contributed by atoms with E-state index in [2.05, 4.69) is 45.6 Å². The number of fused-ring (bicyclic) bond motifs is 2. The molecule has 54 heavy (non-hydrogen) atoms. The zero-order chi connectivity index (χ0) is 37.7. The number of hydrogen-bond donors (Lipinski definition) is 4. The Morgan fingerprint density at radius 3 is 2.41 bits per heavy atom. The fourth-order valence-electron chi connectivity index (χ4n) is 7.63. The molecule has 278 valence electrons. The standard InChI is InChI=1S/C38H40N10O6/c1-3-22-13-28-29(43-34(22)50)12-21(16-40-28)18-45-8-10-46(11-9-45)25-15-30(33(41-17-25)36(52)39-2)42-23-19-47(20-23)24-4-5-26-27(14-24)38(54)48(37(26)53)31-6-7-32(49)44-35(31)51/h4-5,12-17,23,31,42H,3,6-11,18-20H2,1-2H3,(H,39,52)(H,43,50)(H,44,49,51). The number of piperazine rings is 1. The van der Waals surface area contributed by atoms with Crippen molar-refractivity contribution in [2.45, 2.75) is 44.8 Å². The van der Waals surface area contributed by atoms with Gasteiger partial charge in [0.2, 0.25) is 11.8 Å². The molecule has 3 aromatic heterocycles. The fraction of sp³-hybridized carbons (Fsp3) is 0.368. The Hall–Kier alpha value is -6.16. The zero-order valence-electron chi connectivity index (χ0n) is 30.0. The number of aromatic nitrogens is 3. The molecule has 1 unspecified atom stereocenters. The maximum absolute atomic E-state index is 13.3. The van der Waals surface area contributed by atoms with Gasteiger partial charge < -0.3 is 25.4 Å². The van der Waals surface area contributed by atoms with Gasteiger partial charge in [-0.1, -0.05) is 6.92 Å². The molecule has 0 saturated carbocycles. The minimum Gasteiger partial charge on any atom is -0.377 e. The molecule has 16 heteroatoms. The lowest BCUT2D eigenvalue weighted by atomic mass is 10.0. The monoisotopic (exact) mass is 732 g/mol. The van der Waals surface area contributed by atoms with Crippen molar-refractivity contribution in [1.29, 1.82) is 0 Å². The normalized spacial score (nSPS) is 19.2. The lowest BCUT2D eigenvalue weighted by Crippen LogP contribution is -2.55. The SMILES string of the molecule is CCc1cc2ncc(CN3CCN(c4cnc(C(=O)NC)c(NC5CN(c6ccc7c(c6)C(=O)N(C6CCC(=O)NC6=O)C7=O)C5)c4)CC3)cc2[nH]c1=O. The van der Waals surface area contributed by atoms with Gasteiger partial charge in [0.1, 0.15) is 6.04 Å². The van der Waals surface area contributed by atoms with Crippen LogP contribution in [0.15, 0.2) is 53.6 Å². The summed E-state index contributed by atoms with van der Waals surface area (Å²) in [4.78, 5) is 95.4. The van der Waals surface area contributed by atoms with Gasteiger partial charge in [0, 0.05) is 76.7 Å². The van der Waals surface area contributed by atoms with Crippen molar-refractivity contribution in [3.05, 3.63) is 87.1 Å². The second-order valence-electron chi connectivity index (χ2n) is 14.1. The number of carbonyl (C=O) groups is 5. The molecule has 4 aliphatic rings. The first kappa shape index (κ1) is 34.9. The molecule has 4 N–H and O–H groups in total. The molecule has 1 atom stereocenters. The highest BCUT2D eigenvalue weighted by atomic mass is 16.2. The number of benzene rings is 1. The molecule has 5 amide bonds. The number of hydrogen-bond acceptors (Lipinski definition) is 12. The molecular weight excluding hydrogens is 692 g/mol. The number of piperidine rings is 1. The van der Waals surface area contributed by atoms with E-state index in [4.69, 9.17) is 0 Å². The van der Waals surface area contributed by atoms with Crippen LogP contribution in [0.3, 0.4) is 0 Å². The van der Waals surface area contributed by atoms with Crippen LogP contribution in [-0.2, 0) is 22.6 Å². The second kappa shape index (κ2) is 14.0. The van der Waals surface area contributed by atoms with Crippen LogP contribution in [0, 0.1) is 0 Å². The maximum Gasteiger partial charge on any atom is 0.271 e. The van der Waals surface area contributed by atoms with Crippen LogP contribution in [-0.4, -0.2) is 113 Å². The average molecular weight is 733 g/mol. The minimum absolute atomic E-state index is 0.0214. The van der Waals surface area contributed by atoms with E-state index in [0.717, 1.165) is 64.6 Å². The molecule has 3 fully saturated rings. The number of pyridine rings is 3. The third-order valence-electron chi connectivity index (χ3n) is 10.7. The highest BCUT2D eigenvalue weighted by Gasteiger charge is 2.45. The van der Waals surface area contributed by atoms with Crippen LogP contribution in [0.2, 0.25) is 0 Å². The number of nitrogens with one attached hydrogen (secondary N) is 4. The van der Waals surface area contributed by atoms with Gasteiger partial charge in [0.25, 0.3) is 23.3 Å². The van der Waals surface area contributed by atoms with Crippen LogP contribution >= 0.6 is 0 Å². The van der Waals surface area contributed by atoms with Crippen LogP contribution < -0.4 is 31.3 Å². The largest absolute Gasteiger partial charge is 0.377 e. The zero-order valence-corrected chi connectivity index (χ0v) is 30.0. The first-order valence-electron chi connectivity index (χ1n) is 18.2. The van der Waals surface area contributed by atoms with E-state index >= 15 is 0 Å². The molecule has 0 aliphatic carbocycles. The highest BCUT2D eigenvalue weighted by molar-refractivity contribution is 6.23. The maximum atomic E-state index is 13.3. The summed E-state index contributed by atoms with van der Waals surface area (Å²) in [5, 5.41) is 8.39. The van der Waals surface area contributed by atoms with Crippen molar-refractivity contribution in [3.63, 3.8) is 0 Å². The predicted octanol–water partition coefficient (Wildman–Crippen LogP) is 1.26. The van der Waals surface area contributed by atoms with Crippen molar-refractivity contribution in [1.82, 2.24) is 35.4 Å². The minimum atomic E-state index is -1.02. The second-order valence-corrected chi connectivity index (χ2v) is 14.1. The number of H-pyrrole nitrogens is 1. The Bertz CT molecular complexity index is 2280.